The number of carbonyl (C=O) groups is 1. The van der Waals surface area contributed by atoms with E-state index < -0.39 is 6.03 Å². The molecule has 0 aliphatic heterocycles. The molecule has 0 aromatic carbocycles. The predicted molar refractivity (Wildman–Crippen MR) is 65.3 cm³/mol. The Labute approximate surface area is 103 Å². The summed E-state index contributed by atoms with van der Waals surface area (Å²) in [7, 11) is 0. The number of primary amides is 1. The number of carbonyl (C=O) groups excluding carboxylic acids is 1. The summed E-state index contributed by atoms with van der Waals surface area (Å²) >= 11 is 3.80. The third-order valence-electron chi connectivity index (χ3n) is 4.36. The van der Waals surface area contributed by atoms with Crippen molar-refractivity contribution in [3.8, 4) is 0 Å². The topological polar surface area (TPSA) is 67.5 Å². The average Bonchev–Trinajstić information content (AvgIpc) is 2.23. The number of hydrazone groups is 1. The summed E-state index contributed by atoms with van der Waals surface area (Å²) in [5, 5.41) is 4.23. The van der Waals surface area contributed by atoms with Crippen molar-refractivity contribution in [2.24, 2.45) is 34.5 Å². The lowest BCUT2D eigenvalue weighted by Gasteiger charge is -2.53. The Balaban J connectivity index is 1.85. The number of nitrogens with one attached hydrogen (secondary N) is 1. The number of alkyl halides is 1. The van der Waals surface area contributed by atoms with Crippen LogP contribution in [0.5, 0.6) is 0 Å². The van der Waals surface area contributed by atoms with Crippen molar-refractivity contribution in [1.82, 2.24) is 5.43 Å². The van der Waals surface area contributed by atoms with E-state index in [1.165, 1.54) is 31.4 Å². The van der Waals surface area contributed by atoms with Crippen molar-refractivity contribution < 1.29 is 4.79 Å². The maximum absolute atomic E-state index is 10.7. The number of amides is 2. The van der Waals surface area contributed by atoms with E-state index in [1.807, 2.05) is 0 Å². The zero-order valence-corrected chi connectivity index (χ0v) is 10.6. The predicted octanol–water partition coefficient (Wildman–Crippen LogP) is 1.84. The van der Waals surface area contributed by atoms with Crippen molar-refractivity contribution in [2.75, 3.05) is 0 Å². The molecule has 0 spiro atoms. The van der Waals surface area contributed by atoms with Crippen molar-refractivity contribution >= 4 is 27.7 Å². The zero-order chi connectivity index (χ0) is 11.3. The molecule has 4 fully saturated rings. The number of nitrogens with two attached hydrogens (primary N) is 1. The minimum atomic E-state index is -0.563. The molecule has 4 aliphatic carbocycles. The van der Waals surface area contributed by atoms with Crippen LogP contribution in [0.25, 0.3) is 0 Å². The van der Waals surface area contributed by atoms with Gasteiger partial charge in [0.2, 0.25) is 0 Å². The highest BCUT2D eigenvalue weighted by Gasteiger charge is 2.51. The van der Waals surface area contributed by atoms with Gasteiger partial charge in [0.1, 0.15) is 0 Å². The molecule has 4 aliphatic rings. The van der Waals surface area contributed by atoms with E-state index in [2.05, 4.69) is 26.5 Å². The van der Waals surface area contributed by atoms with Crippen LogP contribution in [0.1, 0.15) is 25.7 Å². The molecule has 88 valence electrons. The molecule has 4 bridgehead atoms. The SMILES string of the molecule is NC(=O)N/N=C1\[C@@H]2C[C@H]3C[C@@H](C2)[C@H](Br)[C@@H]1C3. The number of urea groups is 1. The Kier molecular flexibility index (Phi) is 2.46. The maximum Gasteiger partial charge on any atom is 0.332 e. The molecule has 5 atom stereocenters. The molecule has 0 unspecified atom stereocenters. The van der Waals surface area contributed by atoms with Crippen LogP contribution < -0.4 is 11.2 Å². The van der Waals surface area contributed by atoms with E-state index in [0.717, 1.165) is 11.8 Å². The third-order valence-corrected chi connectivity index (χ3v) is 5.74. The molecule has 4 nitrogen and oxygen atoms in total. The molecule has 2 amide bonds. The number of halogens is 1. The molecule has 3 N–H and O–H groups in total. The van der Waals surface area contributed by atoms with E-state index in [-0.39, 0.29) is 0 Å². The standard InChI is InChI=1S/C11H16BrN3O/c12-9-6-1-5-2-7(4-6)10(8(9)3-5)14-15-11(13)16/h5-9H,1-4H2,(H3,13,15,16)/b14-10+/t5-,6+,7-,8+,9+/m1/s1. The van der Waals surface area contributed by atoms with E-state index >= 15 is 0 Å². The van der Waals surface area contributed by atoms with Gasteiger partial charge >= 0.3 is 6.03 Å². The van der Waals surface area contributed by atoms with Gasteiger partial charge in [0.25, 0.3) is 0 Å². The Bertz CT molecular complexity index is 357. The van der Waals surface area contributed by atoms with E-state index in [1.54, 1.807) is 0 Å². The maximum atomic E-state index is 10.7. The summed E-state index contributed by atoms with van der Waals surface area (Å²) in [5.41, 5.74) is 8.64. The van der Waals surface area contributed by atoms with Crippen LogP contribution in [-0.2, 0) is 0 Å². The molecule has 0 aromatic heterocycles. The number of nitrogens with zero attached hydrogens (tertiary/aromatic N) is 1. The van der Waals surface area contributed by atoms with Gasteiger partial charge < -0.3 is 5.73 Å². The van der Waals surface area contributed by atoms with Gasteiger partial charge in [-0.3, -0.25) is 0 Å². The second-order valence-electron chi connectivity index (χ2n) is 5.33. The average molecular weight is 286 g/mol. The lowest BCUT2D eigenvalue weighted by molar-refractivity contribution is 0.117. The van der Waals surface area contributed by atoms with Crippen molar-refractivity contribution in [3.05, 3.63) is 0 Å². The number of hydrogen-bond acceptors (Lipinski definition) is 2. The Morgan fingerprint density at radius 1 is 1.38 bits per heavy atom. The van der Waals surface area contributed by atoms with Gasteiger partial charge in [0.15, 0.2) is 0 Å². The van der Waals surface area contributed by atoms with Crippen molar-refractivity contribution in [2.45, 2.75) is 30.5 Å². The first-order chi connectivity index (χ1) is 7.65. The van der Waals surface area contributed by atoms with Crippen LogP contribution in [0.15, 0.2) is 5.10 Å². The minimum absolute atomic E-state index is 0.517. The van der Waals surface area contributed by atoms with Crippen LogP contribution in [-0.4, -0.2) is 16.6 Å². The largest absolute Gasteiger partial charge is 0.350 e. The minimum Gasteiger partial charge on any atom is -0.350 e. The van der Waals surface area contributed by atoms with Gasteiger partial charge in [0.05, 0.1) is 0 Å². The molecule has 0 aromatic rings. The molecule has 16 heavy (non-hydrogen) atoms. The van der Waals surface area contributed by atoms with Gasteiger partial charge in [-0.25, -0.2) is 10.2 Å². The molecule has 5 heteroatoms. The molecule has 0 heterocycles. The fourth-order valence-corrected chi connectivity index (χ4v) is 4.80. The second-order valence-corrected chi connectivity index (χ2v) is 6.39. The summed E-state index contributed by atoms with van der Waals surface area (Å²) in [4.78, 5) is 11.3. The van der Waals surface area contributed by atoms with Crippen molar-refractivity contribution in [3.63, 3.8) is 0 Å². The molecule has 0 radical (unpaired) electrons. The molecule has 4 saturated carbocycles. The van der Waals surface area contributed by atoms with Gasteiger partial charge in [-0.1, -0.05) is 15.9 Å². The van der Waals surface area contributed by atoms with Crippen LogP contribution in [0.4, 0.5) is 4.79 Å². The lowest BCUT2D eigenvalue weighted by Crippen LogP contribution is -2.52. The molecular weight excluding hydrogens is 270 g/mol. The summed E-state index contributed by atoms with van der Waals surface area (Å²) in [6, 6.07) is -0.563. The number of rotatable bonds is 1. The Hall–Kier alpha value is -0.580. The highest BCUT2D eigenvalue weighted by molar-refractivity contribution is 9.09. The van der Waals surface area contributed by atoms with Crippen molar-refractivity contribution in [1.29, 1.82) is 0 Å². The fraction of sp³-hybridized carbons (Fsp3) is 0.818. The fourth-order valence-electron chi connectivity index (χ4n) is 3.88. The van der Waals surface area contributed by atoms with Gasteiger partial charge in [-0.05, 0) is 43.4 Å². The quantitative estimate of drug-likeness (QED) is 0.560. The second kappa shape index (κ2) is 3.72. The smallest absolute Gasteiger partial charge is 0.332 e. The zero-order valence-electron chi connectivity index (χ0n) is 9.03. The Morgan fingerprint density at radius 2 is 2.19 bits per heavy atom. The summed E-state index contributed by atoms with van der Waals surface area (Å²) in [5.74, 6) is 2.80. The summed E-state index contributed by atoms with van der Waals surface area (Å²) in [6.45, 7) is 0. The van der Waals surface area contributed by atoms with Gasteiger partial charge in [0, 0.05) is 16.5 Å². The molecule has 4 rings (SSSR count). The third kappa shape index (κ3) is 1.56. The first-order valence-corrected chi connectivity index (χ1v) is 6.83. The molecular formula is C11H16BrN3O. The summed E-state index contributed by atoms with van der Waals surface area (Å²) in [6.07, 6.45) is 5.08. The molecule has 0 saturated heterocycles. The highest BCUT2D eigenvalue weighted by Crippen LogP contribution is 2.54. The first-order valence-electron chi connectivity index (χ1n) is 5.92. The van der Waals surface area contributed by atoms with E-state index in [4.69, 9.17) is 5.73 Å². The van der Waals surface area contributed by atoms with Gasteiger partial charge in [-0.15, -0.1) is 0 Å². The first kappa shape index (κ1) is 10.6. The van der Waals surface area contributed by atoms with E-state index in [0.29, 0.717) is 16.7 Å². The Morgan fingerprint density at radius 3 is 2.94 bits per heavy atom. The number of hydrogen-bond donors (Lipinski definition) is 2. The normalized spacial score (nSPS) is 47.3. The van der Waals surface area contributed by atoms with Crippen LogP contribution >= 0.6 is 15.9 Å². The van der Waals surface area contributed by atoms with Crippen LogP contribution in [0.2, 0.25) is 0 Å². The lowest BCUT2D eigenvalue weighted by atomic mass is 9.55. The summed E-state index contributed by atoms with van der Waals surface area (Å²) < 4.78 is 0. The monoisotopic (exact) mass is 285 g/mol. The van der Waals surface area contributed by atoms with E-state index in [9.17, 15) is 4.79 Å². The highest BCUT2D eigenvalue weighted by atomic mass is 79.9. The van der Waals surface area contributed by atoms with Gasteiger partial charge in [-0.2, -0.15) is 5.10 Å². The van der Waals surface area contributed by atoms with Crippen LogP contribution in [0.3, 0.4) is 0 Å². The van der Waals surface area contributed by atoms with Crippen LogP contribution in [0, 0.1) is 23.7 Å².